The van der Waals surface area contributed by atoms with E-state index in [1.165, 1.54) is 6.26 Å². The molecule has 3 N–H and O–H groups in total. The molecule has 1 amide bonds. The van der Waals surface area contributed by atoms with Crippen molar-refractivity contribution >= 4 is 27.2 Å². The van der Waals surface area contributed by atoms with E-state index in [0.29, 0.717) is 35.9 Å². The minimum absolute atomic E-state index is 0.124. The summed E-state index contributed by atoms with van der Waals surface area (Å²) in [6.07, 6.45) is 9.28. The standard InChI is InChI=1S/C21H25N5O3S/c1-13-15(19(22)27)6-7-16(18(13)14-4-5-14)17-12-25-21-20(24-9-10-26(17)21)23-8-3-11-30(2,28)29/h6-7,9-10,12,14H,3-5,8,11H2,1-2H3,(H2,22,27)(H,23,24). The largest absolute Gasteiger partial charge is 0.367 e. The van der Waals surface area contributed by atoms with E-state index in [4.69, 9.17) is 5.73 Å². The molecule has 2 heterocycles. The molecule has 1 aliphatic carbocycles. The van der Waals surface area contributed by atoms with Gasteiger partial charge in [0.15, 0.2) is 11.5 Å². The van der Waals surface area contributed by atoms with E-state index in [9.17, 15) is 13.2 Å². The van der Waals surface area contributed by atoms with Gasteiger partial charge in [0.1, 0.15) is 9.84 Å². The molecule has 0 radical (unpaired) electrons. The molecule has 1 saturated carbocycles. The third-order valence-electron chi connectivity index (χ3n) is 5.45. The second kappa shape index (κ2) is 7.71. The van der Waals surface area contributed by atoms with Crippen LogP contribution in [0.15, 0.2) is 30.7 Å². The number of amides is 1. The molecule has 1 aliphatic rings. The average molecular weight is 428 g/mol. The predicted molar refractivity (Wildman–Crippen MR) is 116 cm³/mol. The lowest BCUT2D eigenvalue weighted by Crippen LogP contribution is -2.14. The number of rotatable bonds is 8. The molecule has 0 saturated heterocycles. The Morgan fingerprint density at radius 3 is 2.73 bits per heavy atom. The zero-order chi connectivity index (χ0) is 21.5. The molecule has 4 rings (SSSR count). The molecule has 0 atom stereocenters. The SMILES string of the molecule is Cc1c(C(N)=O)ccc(-c2cnc3c(NCCCS(C)(=O)=O)nccn23)c1C1CC1. The number of imidazole rings is 1. The second-order valence-electron chi connectivity index (χ2n) is 7.86. The topological polar surface area (TPSA) is 119 Å². The van der Waals surface area contributed by atoms with Crippen molar-refractivity contribution < 1.29 is 13.2 Å². The lowest BCUT2D eigenvalue weighted by Gasteiger charge is -2.15. The van der Waals surface area contributed by atoms with Crippen molar-refractivity contribution in [3.63, 3.8) is 0 Å². The molecule has 3 aromatic rings. The highest BCUT2D eigenvalue weighted by atomic mass is 32.2. The number of carbonyl (C=O) groups excluding carboxylic acids is 1. The fraction of sp³-hybridized carbons (Fsp3) is 0.381. The number of primary amides is 1. The first-order valence-electron chi connectivity index (χ1n) is 9.93. The van der Waals surface area contributed by atoms with Crippen LogP contribution < -0.4 is 11.1 Å². The Labute approximate surface area is 175 Å². The molecule has 0 spiro atoms. The molecule has 0 unspecified atom stereocenters. The highest BCUT2D eigenvalue weighted by Crippen LogP contribution is 2.46. The molecule has 0 bridgehead atoms. The van der Waals surface area contributed by atoms with Crippen LogP contribution in [0.1, 0.15) is 46.7 Å². The second-order valence-corrected chi connectivity index (χ2v) is 10.1. The van der Waals surface area contributed by atoms with Crippen LogP contribution in [-0.4, -0.2) is 47.2 Å². The maximum Gasteiger partial charge on any atom is 0.248 e. The Morgan fingerprint density at radius 2 is 2.07 bits per heavy atom. The summed E-state index contributed by atoms with van der Waals surface area (Å²) in [6, 6.07) is 3.73. The summed E-state index contributed by atoms with van der Waals surface area (Å²) in [7, 11) is -2.99. The Morgan fingerprint density at radius 1 is 1.30 bits per heavy atom. The average Bonchev–Trinajstić information content (AvgIpc) is 3.42. The van der Waals surface area contributed by atoms with Gasteiger partial charge in [-0.15, -0.1) is 0 Å². The highest BCUT2D eigenvalue weighted by molar-refractivity contribution is 7.90. The lowest BCUT2D eigenvalue weighted by molar-refractivity contribution is 0.0999. The molecular formula is C21H25N5O3S. The monoisotopic (exact) mass is 427 g/mol. The third kappa shape index (κ3) is 4.02. The number of hydrogen-bond donors (Lipinski definition) is 2. The Kier molecular flexibility index (Phi) is 5.23. The van der Waals surface area contributed by atoms with Gasteiger partial charge < -0.3 is 11.1 Å². The van der Waals surface area contributed by atoms with Gasteiger partial charge in [-0.2, -0.15) is 0 Å². The zero-order valence-electron chi connectivity index (χ0n) is 17.1. The number of sulfone groups is 1. The lowest BCUT2D eigenvalue weighted by atomic mass is 9.92. The van der Waals surface area contributed by atoms with Crippen LogP contribution in [-0.2, 0) is 9.84 Å². The van der Waals surface area contributed by atoms with Crippen molar-refractivity contribution in [1.82, 2.24) is 14.4 Å². The van der Waals surface area contributed by atoms with Gasteiger partial charge in [0.05, 0.1) is 17.6 Å². The summed E-state index contributed by atoms with van der Waals surface area (Å²) < 4.78 is 24.6. The highest BCUT2D eigenvalue weighted by Gasteiger charge is 2.30. The number of hydrogen-bond acceptors (Lipinski definition) is 6. The number of aromatic nitrogens is 3. The van der Waals surface area contributed by atoms with Crippen molar-refractivity contribution in [1.29, 1.82) is 0 Å². The van der Waals surface area contributed by atoms with Crippen LogP contribution in [0.5, 0.6) is 0 Å². The molecular weight excluding hydrogens is 402 g/mol. The molecule has 1 aromatic carbocycles. The van der Waals surface area contributed by atoms with Gasteiger partial charge in [-0.05, 0) is 49.3 Å². The molecule has 30 heavy (non-hydrogen) atoms. The number of nitrogens with two attached hydrogens (primary N) is 1. The first-order chi connectivity index (χ1) is 14.3. The van der Waals surface area contributed by atoms with Crippen molar-refractivity contribution in [2.45, 2.75) is 32.1 Å². The van der Waals surface area contributed by atoms with Crippen molar-refractivity contribution in [3.8, 4) is 11.3 Å². The van der Waals surface area contributed by atoms with Crippen LogP contribution in [0, 0.1) is 6.92 Å². The first kappa shape index (κ1) is 20.3. The quantitative estimate of drug-likeness (QED) is 0.533. The van der Waals surface area contributed by atoms with E-state index < -0.39 is 15.7 Å². The van der Waals surface area contributed by atoms with E-state index in [0.717, 1.165) is 35.2 Å². The molecule has 1 fully saturated rings. The number of nitrogens with one attached hydrogen (secondary N) is 1. The number of benzene rings is 1. The van der Waals surface area contributed by atoms with Crippen LogP contribution in [0.2, 0.25) is 0 Å². The fourth-order valence-corrected chi connectivity index (χ4v) is 4.57. The fourth-order valence-electron chi connectivity index (χ4n) is 3.90. The molecule has 2 aromatic heterocycles. The van der Waals surface area contributed by atoms with E-state index in [2.05, 4.69) is 15.3 Å². The minimum atomic E-state index is -2.99. The minimum Gasteiger partial charge on any atom is -0.367 e. The maximum atomic E-state index is 11.8. The smallest absolute Gasteiger partial charge is 0.248 e. The van der Waals surface area contributed by atoms with Gasteiger partial charge >= 0.3 is 0 Å². The Bertz CT molecular complexity index is 1230. The van der Waals surface area contributed by atoms with Gasteiger partial charge in [0, 0.05) is 36.3 Å². The van der Waals surface area contributed by atoms with E-state index >= 15 is 0 Å². The van der Waals surface area contributed by atoms with Gasteiger partial charge in [0.25, 0.3) is 0 Å². The number of fused-ring (bicyclic) bond motifs is 1. The summed E-state index contributed by atoms with van der Waals surface area (Å²) in [6.45, 7) is 2.44. The van der Waals surface area contributed by atoms with Crippen LogP contribution in [0.25, 0.3) is 16.9 Å². The van der Waals surface area contributed by atoms with Crippen molar-refractivity contribution in [3.05, 3.63) is 47.4 Å². The van der Waals surface area contributed by atoms with Crippen LogP contribution >= 0.6 is 0 Å². The number of anilines is 1. The van der Waals surface area contributed by atoms with E-state index in [-0.39, 0.29) is 5.75 Å². The van der Waals surface area contributed by atoms with Gasteiger partial charge in [-0.1, -0.05) is 6.07 Å². The van der Waals surface area contributed by atoms with Gasteiger partial charge in [-0.3, -0.25) is 9.20 Å². The molecule has 0 aliphatic heterocycles. The summed E-state index contributed by atoms with van der Waals surface area (Å²) in [4.78, 5) is 20.7. The summed E-state index contributed by atoms with van der Waals surface area (Å²) >= 11 is 0. The van der Waals surface area contributed by atoms with Gasteiger partial charge in [0.2, 0.25) is 5.91 Å². The van der Waals surface area contributed by atoms with E-state index in [1.54, 1.807) is 12.3 Å². The predicted octanol–water partition coefficient (Wildman–Crippen LogP) is 2.53. The van der Waals surface area contributed by atoms with Crippen molar-refractivity contribution in [2.24, 2.45) is 5.73 Å². The molecule has 9 heteroatoms. The number of nitrogens with zero attached hydrogens (tertiary/aromatic N) is 3. The zero-order valence-corrected chi connectivity index (χ0v) is 17.9. The molecule has 8 nitrogen and oxygen atoms in total. The first-order valence-corrected chi connectivity index (χ1v) is 12.0. The third-order valence-corrected chi connectivity index (χ3v) is 6.48. The van der Waals surface area contributed by atoms with Crippen molar-refractivity contribution in [2.75, 3.05) is 23.9 Å². The van der Waals surface area contributed by atoms with Gasteiger partial charge in [-0.25, -0.2) is 18.4 Å². The van der Waals surface area contributed by atoms with Crippen LogP contribution in [0.3, 0.4) is 0 Å². The number of carbonyl (C=O) groups is 1. The maximum absolute atomic E-state index is 11.8. The summed E-state index contributed by atoms with van der Waals surface area (Å²) in [5.74, 6) is 0.749. The summed E-state index contributed by atoms with van der Waals surface area (Å²) in [5, 5.41) is 3.19. The van der Waals surface area contributed by atoms with E-state index in [1.807, 2.05) is 29.8 Å². The Hall–Kier alpha value is -2.94. The summed E-state index contributed by atoms with van der Waals surface area (Å²) in [5.41, 5.74) is 10.9. The molecule has 158 valence electrons. The Balaban J connectivity index is 1.70. The van der Waals surface area contributed by atoms with Crippen LogP contribution in [0.4, 0.5) is 5.82 Å². The normalized spacial score (nSPS) is 14.2.